The maximum Gasteiger partial charge on any atom is 0.282 e. The van der Waals surface area contributed by atoms with Crippen molar-refractivity contribution in [3.63, 3.8) is 0 Å². The van der Waals surface area contributed by atoms with Crippen molar-refractivity contribution >= 4 is 28.8 Å². The summed E-state index contributed by atoms with van der Waals surface area (Å²) in [6.07, 6.45) is 5.71. The molecule has 2 aromatic rings. The van der Waals surface area contributed by atoms with Crippen LogP contribution in [0.15, 0.2) is 54.2 Å². The molecule has 160 valence electrons. The lowest BCUT2D eigenvalue weighted by Gasteiger charge is -2.29. The van der Waals surface area contributed by atoms with E-state index in [1.54, 1.807) is 0 Å². The highest BCUT2D eigenvalue weighted by molar-refractivity contribution is 6.45. The highest BCUT2D eigenvalue weighted by atomic mass is 16.2. The molecule has 2 fully saturated rings. The molecule has 2 aromatic carbocycles. The lowest BCUT2D eigenvalue weighted by molar-refractivity contribution is -0.120. The average Bonchev–Trinajstić information content (AvgIpc) is 3.42. The van der Waals surface area contributed by atoms with Gasteiger partial charge in [0.25, 0.3) is 11.8 Å². The van der Waals surface area contributed by atoms with Gasteiger partial charge in [-0.2, -0.15) is 0 Å². The van der Waals surface area contributed by atoms with Gasteiger partial charge in [-0.15, -0.1) is 0 Å². The van der Waals surface area contributed by atoms with E-state index in [0.29, 0.717) is 17.0 Å². The first-order valence-electron chi connectivity index (χ1n) is 11.4. The molecular formula is C26H29N3O2. The maximum absolute atomic E-state index is 13.6. The maximum atomic E-state index is 13.6. The van der Waals surface area contributed by atoms with Crippen molar-refractivity contribution in [2.24, 2.45) is 0 Å². The summed E-state index contributed by atoms with van der Waals surface area (Å²) in [6, 6.07) is 15.8. The van der Waals surface area contributed by atoms with Crippen molar-refractivity contribution in [3.05, 3.63) is 65.4 Å². The second kappa shape index (κ2) is 8.22. The molecule has 5 heteroatoms. The lowest BCUT2D eigenvalue weighted by Crippen LogP contribution is -2.37. The predicted molar refractivity (Wildman–Crippen MR) is 124 cm³/mol. The zero-order valence-electron chi connectivity index (χ0n) is 18.1. The standard InChI is InChI=1S/C26H29N3O2/c1-19-7-9-20(10-8-19)23-24(28-17-3-2-4-18-28)26(31)29(25(23)30)22-13-11-21(12-14-22)27-15-5-6-16-27/h7-14H,2-6,15-18H2,1H3. The Labute approximate surface area is 183 Å². The van der Waals surface area contributed by atoms with Gasteiger partial charge in [0, 0.05) is 31.9 Å². The molecular weight excluding hydrogens is 386 g/mol. The van der Waals surface area contributed by atoms with Crippen LogP contribution in [0.3, 0.4) is 0 Å². The summed E-state index contributed by atoms with van der Waals surface area (Å²) in [6.45, 7) is 5.81. The Balaban J connectivity index is 1.51. The Morgan fingerprint density at radius 1 is 0.613 bits per heavy atom. The Kier molecular flexibility index (Phi) is 5.26. The summed E-state index contributed by atoms with van der Waals surface area (Å²) in [5.74, 6) is -0.417. The molecule has 0 atom stereocenters. The number of carbonyl (C=O) groups is 2. The average molecular weight is 416 g/mol. The van der Waals surface area contributed by atoms with Crippen molar-refractivity contribution < 1.29 is 9.59 Å². The van der Waals surface area contributed by atoms with E-state index in [2.05, 4.69) is 9.80 Å². The third-order valence-electron chi connectivity index (χ3n) is 6.65. The number of carbonyl (C=O) groups excluding carboxylic acids is 2. The van der Waals surface area contributed by atoms with E-state index in [0.717, 1.165) is 55.8 Å². The van der Waals surface area contributed by atoms with Crippen molar-refractivity contribution in [3.8, 4) is 0 Å². The van der Waals surface area contributed by atoms with E-state index in [1.807, 2.05) is 55.5 Å². The van der Waals surface area contributed by atoms with E-state index in [9.17, 15) is 9.59 Å². The molecule has 0 radical (unpaired) electrons. The fourth-order valence-corrected chi connectivity index (χ4v) is 4.93. The first-order valence-corrected chi connectivity index (χ1v) is 11.4. The zero-order valence-corrected chi connectivity index (χ0v) is 18.1. The van der Waals surface area contributed by atoms with Crippen molar-refractivity contribution in [1.82, 2.24) is 4.90 Å². The summed E-state index contributed by atoms with van der Waals surface area (Å²) in [5.41, 5.74) is 4.86. The Morgan fingerprint density at radius 2 is 1.16 bits per heavy atom. The van der Waals surface area contributed by atoms with E-state index in [1.165, 1.54) is 24.2 Å². The molecule has 3 aliphatic rings. The number of hydrogen-bond donors (Lipinski definition) is 0. The number of imide groups is 1. The van der Waals surface area contributed by atoms with Gasteiger partial charge in [-0.1, -0.05) is 29.8 Å². The highest BCUT2D eigenvalue weighted by Gasteiger charge is 2.42. The smallest absolute Gasteiger partial charge is 0.282 e. The van der Waals surface area contributed by atoms with Crippen LogP contribution in [0.1, 0.15) is 43.2 Å². The monoisotopic (exact) mass is 415 g/mol. The van der Waals surface area contributed by atoms with E-state index in [-0.39, 0.29) is 11.8 Å². The molecule has 0 bridgehead atoms. The summed E-state index contributed by atoms with van der Waals surface area (Å²) in [7, 11) is 0. The quantitative estimate of drug-likeness (QED) is 0.696. The lowest BCUT2D eigenvalue weighted by atomic mass is 10.0. The largest absolute Gasteiger partial charge is 0.372 e. The second-order valence-corrected chi connectivity index (χ2v) is 8.79. The van der Waals surface area contributed by atoms with Crippen LogP contribution in [0.2, 0.25) is 0 Å². The highest BCUT2D eigenvalue weighted by Crippen LogP contribution is 2.36. The van der Waals surface area contributed by atoms with Crippen LogP contribution in [0.4, 0.5) is 11.4 Å². The third-order valence-corrected chi connectivity index (χ3v) is 6.65. The number of rotatable bonds is 4. The molecule has 3 heterocycles. The number of likely N-dealkylation sites (tertiary alicyclic amines) is 1. The minimum Gasteiger partial charge on any atom is -0.372 e. The molecule has 0 N–H and O–H groups in total. The normalized spacial score (nSPS) is 19.7. The van der Waals surface area contributed by atoms with Gasteiger partial charge in [0.15, 0.2) is 0 Å². The molecule has 2 saturated heterocycles. The fraction of sp³-hybridized carbons (Fsp3) is 0.385. The van der Waals surface area contributed by atoms with Gasteiger partial charge in [0.2, 0.25) is 0 Å². The van der Waals surface area contributed by atoms with E-state index >= 15 is 0 Å². The third kappa shape index (κ3) is 3.62. The molecule has 0 spiro atoms. The summed E-state index contributed by atoms with van der Waals surface area (Å²) in [5, 5.41) is 0. The first-order chi connectivity index (χ1) is 15.1. The Hall–Kier alpha value is -3.08. The van der Waals surface area contributed by atoms with Crippen molar-refractivity contribution in [1.29, 1.82) is 0 Å². The molecule has 31 heavy (non-hydrogen) atoms. The van der Waals surface area contributed by atoms with Crippen LogP contribution < -0.4 is 9.80 Å². The van der Waals surface area contributed by atoms with Crippen LogP contribution in [-0.4, -0.2) is 42.9 Å². The van der Waals surface area contributed by atoms with Crippen LogP contribution >= 0.6 is 0 Å². The number of hydrogen-bond acceptors (Lipinski definition) is 4. The molecule has 0 aliphatic carbocycles. The molecule has 2 amide bonds. The predicted octanol–water partition coefficient (Wildman–Crippen LogP) is 4.37. The van der Waals surface area contributed by atoms with Gasteiger partial charge < -0.3 is 9.80 Å². The Morgan fingerprint density at radius 3 is 1.81 bits per heavy atom. The van der Waals surface area contributed by atoms with Crippen LogP contribution in [0.25, 0.3) is 5.57 Å². The number of aryl methyl sites for hydroxylation is 1. The SMILES string of the molecule is Cc1ccc(C2=C(N3CCCCC3)C(=O)N(c3ccc(N4CCCC4)cc3)C2=O)cc1. The molecule has 0 unspecified atom stereocenters. The summed E-state index contributed by atoms with van der Waals surface area (Å²) < 4.78 is 0. The number of amides is 2. The molecule has 5 rings (SSSR count). The summed E-state index contributed by atoms with van der Waals surface area (Å²) >= 11 is 0. The topological polar surface area (TPSA) is 43.9 Å². The Bertz CT molecular complexity index is 1010. The van der Waals surface area contributed by atoms with E-state index in [4.69, 9.17) is 0 Å². The van der Waals surface area contributed by atoms with Crippen molar-refractivity contribution in [2.45, 2.75) is 39.0 Å². The fourth-order valence-electron chi connectivity index (χ4n) is 4.93. The molecule has 0 saturated carbocycles. The van der Waals surface area contributed by atoms with Crippen LogP contribution in [-0.2, 0) is 9.59 Å². The second-order valence-electron chi connectivity index (χ2n) is 8.79. The minimum atomic E-state index is -0.219. The number of nitrogens with zero attached hydrogens (tertiary/aromatic N) is 3. The number of benzene rings is 2. The van der Waals surface area contributed by atoms with Gasteiger partial charge in [0.05, 0.1) is 11.3 Å². The first kappa shape index (κ1) is 19.9. The number of anilines is 2. The number of piperidine rings is 1. The van der Waals surface area contributed by atoms with Gasteiger partial charge in [-0.3, -0.25) is 9.59 Å². The molecule has 3 aliphatic heterocycles. The van der Waals surface area contributed by atoms with Gasteiger partial charge in [-0.05, 0) is 68.9 Å². The van der Waals surface area contributed by atoms with Gasteiger partial charge in [-0.25, -0.2) is 4.90 Å². The van der Waals surface area contributed by atoms with Gasteiger partial charge in [0.1, 0.15) is 5.70 Å². The van der Waals surface area contributed by atoms with Gasteiger partial charge >= 0.3 is 0 Å². The summed E-state index contributed by atoms with van der Waals surface area (Å²) in [4.78, 5) is 33.1. The minimum absolute atomic E-state index is 0.198. The van der Waals surface area contributed by atoms with Crippen molar-refractivity contribution in [2.75, 3.05) is 36.0 Å². The van der Waals surface area contributed by atoms with Crippen LogP contribution in [0.5, 0.6) is 0 Å². The molecule has 0 aromatic heterocycles. The van der Waals surface area contributed by atoms with E-state index < -0.39 is 0 Å². The zero-order chi connectivity index (χ0) is 21.4. The molecule has 5 nitrogen and oxygen atoms in total. The van der Waals surface area contributed by atoms with Crippen LogP contribution in [0, 0.1) is 6.92 Å².